The molecule has 1 N–H and O–H groups in total. The Hall–Kier alpha value is -1.64. The molecular formula is C11H13NO2. The second-order valence-electron chi connectivity index (χ2n) is 3.11. The van der Waals surface area contributed by atoms with Crippen molar-refractivity contribution < 1.29 is 9.90 Å². The van der Waals surface area contributed by atoms with Gasteiger partial charge in [-0.05, 0) is 24.1 Å². The van der Waals surface area contributed by atoms with Gasteiger partial charge in [-0.1, -0.05) is 19.6 Å². The van der Waals surface area contributed by atoms with E-state index in [1.165, 1.54) is 0 Å². The molecule has 14 heavy (non-hydrogen) atoms. The van der Waals surface area contributed by atoms with Crippen LogP contribution in [0.15, 0.2) is 23.2 Å². The second-order valence-corrected chi connectivity index (χ2v) is 3.11. The predicted molar refractivity (Wildman–Crippen MR) is 56.3 cm³/mol. The van der Waals surface area contributed by atoms with E-state index in [1.807, 2.05) is 25.1 Å². The molecule has 0 unspecified atom stereocenters. The summed E-state index contributed by atoms with van der Waals surface area (Å²) in [4.78, 5) is 14.7. The van der Waals surface area contributed by atoms with Crippen LogP contribution in [0, 0.1) is 6.92 Å². The molecule has 0 amide bonds. The SMILES string of the molecule is C.Cc1cccc2c1CC(C(=O)O)=N2. The van der Waals surface area contributed by atoms with Crippen LogP contribution in [-0.2, 0) is 11.2 Å². The normalized spacial score (nSPS) is 12.8. The Labute approximate surface area is 83.1 Å². The third kappa shape index (κ3) is 1.53. The number of aliphatic imine (C=N–C) groups is 1. The number of hydrogen-bond donors (Lipinski definition) is 1. The van der Waals surface area contributed by atoms with Gasteiger partial charge in [0.25, 0.3) is 0 Å². The van der Waals surface area contributed by atoms with Gasteiger partial charge in [0.2, 0.25) is 0 Å². The lowest BCUT2D eigenvalue weighted by atomic mass is 10.0. The number of aryl methyl sites for hydroxylation is 1. The fraction of sp³-hybridized carbons (Fsp3) is 0.273. The summed E-state index contributed by atoms with van der Waals surface area (Å²) in [6.07, 6.45) is 0.456. The minimum Gasteiger partial charge on any atom is -0.477 e. The van der Waals surface area contributed by atoms with Crippen molar-refractivity contribution in [2.75, 3.05) is 0 Å². The maximum absolute atomic E-state index is 10.7. The van der Waals surface area contributed by atoms with Crippen LogP contribution in [0.3, 0.4) is 0 Å². The Morgan fingerprint density at radius 1 is 1.50 bits per heavy atom. The Morgan fingerprint density at radius 2 is 2.21 bits per heavy atom. The smallest absolute Gasteiger partial charge is 0.350 e. The van der Waals surface area contributed by atoms with Crippen LogP contribution in [0.25, 0.3) is 0 Å². The fourth-order valence-electron chi connectivity index (χ4n) is 1.50. The van der Waals surface area contributed by atoms with Crippen molar-refractivity contribution in [1.29, 1.82) is 0 Å². The Balaban J connectivity index is 0.000000980. The lowest BCUT2D eigenvalue weighted by molar-refractivity contribution is -0.129. The van der Waals surface area contributed by atoms with Crippen LogP contribution in [0.1, 0.15) is 18.6 Å². The fourth-order valence-corrected chi connectivity index (χ4v) is 1.50. The van der Waals surface area contributed by atoms with E-state index in [9.17, 15) is 4.79 Å². The van der Waals surface area contributed by atoms with Gasteiger partial charge < -0.3 is 5.11 Å². The molecule has 0 saturated carbocycles. The van der Waals surface area contributed by atoms with Crippen molar-refractivity contribution in [1.82, 2.24) is 0 Å². The average Bonchev–Trinajstić information content (AvgIpc) is 2.49. The van der Waals surface area contributed by atoms with Gasteiger partial charge in [-0.25, -0.2) is 9.79 Å². The molecule has 3 heteroatoms. The van der Waals surface area contributed by atoms with Crippen LogP contribution in [0.4, 0.5) is 5.69 Å². The van der Waals surface area contributed by atoms with Crippen LogP contribution in [-0.4, -0.2) is 16.8 Å². The average molecular weight is 191 g/mol. The summed E-state index contributed by atoms with van der Waals surface area (Å²) in [5.74, 6) is -0.921. The van der Waals surface area contributed by atoms with Gasteiger partial charge in [0.15, 0.2) is 0 Å². The molecule has 1 aliphatic rings. The molecular weight excluding hydrogens is 178 g/mol. The number of carbonyl (C=O) groups is 1. The Morgan fingerprint density at radius 3 is 2.79 bits per heavy atom. The molecule has 1 aromatic carbocycles. The highest BCUT2D eigenvalue weighted by atomic mass is 16.4. The molecule has 0 atom stereocenters. The molecule has 0 aromatic heterocycles. The van der Waals surface area contributed by atoms with Gasteiger partial charge in [0.1, 0.15) is 5.71 Å². The lowest BCUT2D eigenvalue weighted by Gasteiger charge is -1.99. The van der Waals surface area contributed by atoms with Gasteiger partial charge >= 0.3 is 5.97 Å². The molecule has 3 nitrogen and oxygen atoms in total. The highest BCUT2D eigenvalue weighted by molar-refractivity contribution is 6.37. The summed E-state index contributed by atoms with van der Waals surface area (Å²) in [6, 6.07) is 5.71. The summed E-state index contributed by atoms with van der Waals surface area (Å²) in [5, 5.41) is 8.75. The highest BCUT2D eigenvalue weighted by Gasteiger charge is 2.20. The number of fused-ring (bicyclic) bond motifs is 1. The van der Waals surface area contributed by atoms with E-state index < -0.39 is 5.97 Å². The van der Waals surface area contributed by atoms with Gasteiger partial charge in [-0.15, -0.1) is 0 Å². The number of rotatable bonds is 1. The molecule has 74 valence electrons. The first-order valence-corrected chi connectivity index (χ1v) is 4.08. The molecule has 0 bridgehead atoms. The van der Waals surface area contributed by atoms with Crippen LogP contribution in [0.5, 0.6) is 0 Å². The minimum absolute atomic E-state index is 0. The van der Waals surface area contributed by atoms with Crippen molar-refractivity contribution in [3.63, 3.8) is 0 Å². The number of carboxylic acids is 1. The number of hydrogen-bond acceptors (Lipinski definition) is 2. The van der Waals surface area contributed by atoms with E-state index >= 15 is 0 Å². The number of aliphatic carboxylic acids is 1. The number of benzene rings is 1. The molecule has 1 aromatic rings. The van der Waals surface area contributed by atoms with Crippen molar-refractivity contribution in [2.24, 2.45) is 4.99 Å². The first kappa shape index (κ1) is 10.4. The largest absolute Gasteiger partial charge is 0.477 e. The van der Waals surface area contributed by atoms with E-state index in [-0.39, 0.29) is 13.1 Å². The highest BCUT2D eigenvalue weighted by Crippen LogP contribution is 2.28. The third-order valence-corrected chi connectivity index (χ3v) is 2.23. The van der Waals surface area contributed by atoms with Gasteiger partial charge in [-0.2, -0.15) is 0 Å². The Bertz CT molecular complexity index is 408. The van der Waals surface area contributed by atoms with Crippen molar-refractivity contribution >= 4 is 17.4 Å². The molecule has 1 aliphatic heterocycles. The zero-order chi connectivity index (χ0) is 9.42. The number of carboxylic acid groups (broad SMARTS) is 1. The van der Waals surface area contributed by atoms with E-state index in [1.54, 1.807) is 0 Å². The van der Waals surface area contributed by atoms with Crippen LogP contribution < -0.4 is 0 Å². The van der Waals surface area contributed by atoms with Crippen molar-refractivity contribution in [2.45, 2.75) is 20.8 Å². The zero-order valence-corrected chi connectivity index (χ0v) is 7.24. The van der Waals surface area contributed by atoms with Gasteiger partial charge in [0.05, 0.1) is 5.69 Å². The molecule has 0 fully saturated rings. The molecule has 2 rings (SSSR count). The minimum atomic E-state index is -0.921. The molecule has 0 radical (unpaired) electrons. The van der Waals surface area contributed by atoms with Crippen molar-refractivity contribution in [3.05, 3.63) is 29.3 Å². The Kier molecular flexibility index (Phi) is 2.70. The van der Waals surface area contributed by atoms with E-state index in [4.69, 9.17) is 5.11 Å². The first-order valence-electron chi connectivity index (χ1n) is 4.08. The lowest BCUT2D eigenvalue weighted by Crippen LogP contribution is -2.12. The summed E-state index contributed by atoms with van der Waals surface area (Å²) in [6.45, 7) is 1.97. The topological polar surface area (TPSA) is 49.7 Å². The summed E-state index contributed by atoms with van der Waals surface area (Å²) in [5.41, 5.74) is 3.19. The van der Waals surface area contributed by atoms with E-state index in [0.717, 1.165) is 16.8 Å². The predicted octanol–water partition coefficient (Wildman–Crippen LogP) is 2.34. The van der Waals surface area contributed by atoms with E-state index in [0.29, 0.717) is 6.42 Å². The molecule has 0 spiro atoms. The quantitative estimate of drug-likeness (QED) is 0.740. The second kappa shape index (κ2) is 3.62. The number of nitrogens with zero attached hydrogens (tertiary/aromatic N) is 1. The van der Waals surface area contributed by atoms with Crippen LogP contribution >= 0.6 is 0 Å². The summed E-state index contributed by atoms with van der Waals surface area (Å²) < 4.78 is 0. The van der Waals surface area contributed by atoms with Gasteiger partial charge in [-0.3, -0.25) is 0 Å². The van der Waals surface area contributed by atoms with Gasteiger partial charge in [0, 0.05) is 6.42 Å². The van der Waals surface area contributed by atoms with E-state index in [2.05, 4.69) is 4.99 Å². The summed E-state index contributed by atoms with van der Waals surface area (Å²) >= 11 is 0. The maximum Gasteiger partial charge on any atom is 0.350 e. The first-order chi connectivity index (χ1) is 6.18. The standard InChI is InChI=1S/C10H9NO2.CH4/c1-6-3-2-4-8-7(6)5-9(11-8)10(12)13;/h2-4H,5H2,1H3,(H,12,13);1H4. The zero-order valence-electron chi connectivity index (χ0n) is 7.24. The molecule has 1 heterocycles. The summed E-state index contributed by atoms with van der Waals surface area (Å²) in [7, 11) is 0. The molecule has 0 aliphatic carbocycles. The van der Waals surface area contributed by atoms with Crippen molar-refractivity contribution in [3.8, 4) is 0 Å². The monoisotopic (exact) mass is 191 g/mol. The third-order valence-electron chi connectivity index (χ3n) is 2.23. The molecule has 0 saturated heterocycles. The van der Waals surface area contributed by atoms with Crippen LogP contribution in [0.2, 0.25) is 0 Å². The maximum atomic E-state index is 10.7.